The molecule has 1 heterocycles. The monoisotopic (exact) mass is 259 g/mol. The van der Waals surface area contributed by atoms with Gasteiger partial charge >= 0.3 is 0 Å². The third-order valence-corrected chi connectivity index (χ3v) is 4.35. The normalized spacial score (nSPS) is 21.6. The smallest absolute Gasteiger partial charge is 0.262 e. The van der Waals surface area contributed by atoms with Gasteiger partial charge in [0.1, 0.15) is 0 Å². The minimum absolute atomic E-state index is 0.140. The molecule has 0 unspecified atom stereocenters. The number of fused-ring (bicyclic) bond motifs is 1. The van der Waals surface area contributed by atoms with Gasteiger partial charge in [-0.15, -0.1) is 0 Å². The molecule has 1 aromatic rings. The van der Waals surface area contributed by atoms with Crippen molar-refractivity contribution in [3.8, 4) is 0 Å². The van der Waals surface area contributed by atoms with Crippen molar-refractivity contribution < 1.29 is 14.7 Å². The van der Waals surface area contributed by atoms with E-state index in [1.807, 2.05) is 0 Å². The molecule has 0 bridgehead atoms. The molecule has 4 nitrogen and oxygen atoms in total. The standard InChI is InChI=1S/C15H17NO3/c17-10-15(8-4-1-5-9-15)16-13(18)11-6-2-3-7-12(11)14(16)19/h2-3,6-7,17H,1,4-5,8-10H2. The number of amides is 2. The van der Waals surface area contributed by atoms with E-state index in [-0.39, 0.29) is 18.4 Å². The second-order valence-corrected chi connectivity index (χ2v) is 5.43. The van der Waals surface area contributed by atoms with Gasteiger partial charge in [-0.05, 0) is 25.0 Å². The van der Waals surface area contributed by atoms with Crippen LogP contribution in [0.3, 0.4) is 0 Å². The minimum atomic E-state index is -0.689. The van der Waals surface area contributed by atoms with Gasteiger partial charge < -0.3 is 5.11 Å². The van der Waals surface area contributed by atoms with Crippen LogP contribution in [0.4, 0.5) is 0 Å². The molecule has 19 heavy (non-hydrogen) atoms. The average molecular weight is 259 g/mol. The first kappa shape index (κ1) is 12.4. The Hall–Kier alpha value is -1.68. The Labute approximate surface area is 112 Å². The SMILES string of the molecule is O=C1c2ccccc2C(=O)N1C1(CO)CCCCC1. The number of hydrogen-bond donors (Lipinski definition) is 1. The van der Waals surface area contributed by atoms with E-state index in [0.717, 1.165) is 19.3 Å². The predicted octanol–water partition coefficient (Wildman–Crippen LogP) is 1.98. The number of hydrogen-bond acceptors (Lipinski definition) is 3. The second kappa shape index (κ2) is 4.46. The number of carbonyl (C=O) groups excluding carboxylic acids is 2. The van der Waals surface area contributed by atoms with Crippen molar-refractivity contribution in [2.75, 3.05) is 6.61 Å². The van der Waals surface area contributed by atoms with Gasteiger partial charge in [-0.1, -0.05) is 31.4 Å². The Morgan fingerprint density at radius 1 is 1.00 bits per heavy atom. The largest absolute Gasteiger partial charge is 0.394 e. The van der Waals surface area contributed by atoms with Gasteiger partial charge in [0.15, 0.2) is 0 Å². The van der Waals surface area contributed by atoms with Gasteiger partial charge in [-0.25, -0.2) is 0 Å². The highest BCUT2D eigenvalue weighted by Crippen LogP contribution is 2.38. The summed E-state index contributed by atoms with van der Waals surface area (Å²) in [6, 6.07) is 6.90. The molecular formula is C15H17NO3. The lowest BCUT2D eigenvalue weighted by molar-refractivity contribution is 0.0114. The fourth-order valence-corrected chi connectivity index (χ4v) is 3.28. The molecule has 1 aromatic carbocycles. The van der Waals surface area contributed by atoms with Crippen LogP contribution >= 0.6 is 0 Å². The zero-order valence-corrected chi connectivity index (χ0v) is 10.8. The Bertz CT molecular complexity index is 497. The number of imide groups is 1. The van der Waals surface area contributed by atoms with Gasteiger partial charge in [0.05, 0.1) is 23.3 Å². The molecule has 0 atom stereocenters. The van der Waals surface area contributed by atoms with Gasteiger partial charge in [0.25, 0.3) is 11.8 Å². The highest BCUT2D eigenvalue weighted by molar-refractivity contribution is 6.21. The zero-order valence-electron chi connectivity index (χ0n) is 10.8. The van der Waals surface area contributed by atoms with Crippen LogP contribution in [-0.4, -0.2) is 34.0 Å². The number of benzene rings is 1. The molecule has 1 N–H and O–H groups in total. The number of aliphatic hydroxyl groups excluding tert-OH is 1. The van der Waals surface area contributed by atoms with Crippen LogP contribution in [0.5, 0.6) is 0 Å². The maximum atomic E-state index is 12.5. The van der Waals surface area contributed by atoms with Crippen LogP contribution in [0, 0.1) is 0 Å². The summed E-state index contributed by atoms with van der Waals surface area (Å²) in [5.74, 6) is -0.506. The maximum Gasteiger partial charge on any atom is 0.262 e. The van der Waals surface area contributed by atoms with E-state index in [1.165, 1.54) is 4.90 Å². The summed E-state index contributed by atoms with van der Waals surface area (Å²) in [5.41, 5.74) is 0.239. The fourth-order valence-electron chi connectivity index (χ4n) is 3.28. The van der Waals surface area contributed by atoms with Crippen molar-refractivity contribution in [1.29, 1.82) is 0 Å². The first-order valence-electron chi connectivity index (χ1n) is 6.78. The first-order chi connectivity index (χ1) is 9.19. The number of aliphatic hydroxyl groups is 1. The molecule has 0 saturated heterocycles. The Morgan fingerprint density at radius 3 is 2.00 bits per heavy atom. The summed E-state index contributed by atoms with van der Waals surface area (Å²) >= 11 is 0. The number of rotatable bonds is 2. The highest BCUT2D eigenvalue weighted by atomic mass is 16.3. The van der Waals surface area contributed by atoms with Crippen LogP contribution in [0.2, 0.25) is 0 Å². The molecule has 1 saturated carbocycles. The van der Waals surface area contributed by atoms with Gasteiger partial charge in [0.2, 0.25) is 0 Å². The first-order valence-corrected chi connectivity index (χ1v) is 6.78. The number of carbonyl (C=O) groups is 2. The lowest BCUT2D eigenvalue weighted by Gasteiger charge is -2.41. The molecule has 1 aliphatic heterocycles. The zero-order chi connectivity index (χ0) is 13.5. The fraction of sp³-hybridized carbons (Fsp3) is 0.467. The van der Waals surface area contributed by atoms with Crippen molar-refractivity contribution in [2.24, 2.45) is 0 Å². The van der Waals surface area contributed by atoms with Crippen LogP contribution in [0.15, 0.2) is 24.3 Å². The van der Waals surface area contributed by atoms with Gasteiger partial charge in [-0.3, -0.25) is 14.5 Å². The third-order valence-electron chi connectivity index (χ3n) is 4.35. The Kier molecular flexibility index (Phi) is 2.90. The van der Waals surface area contributed by atoms with Gasteiger partial charge in [-0.2, -0.15) is 0 Å². The molecule has 100 valence electrons. The molecule has 1 fully saturated rings. The van der Waals surface area contributed by atoms with Gasteiger partial charge in [0, 0.05) is 0 Å². The quantitative estimate of drug-likeness (QED) is 0.826. The van der Waals surface area contributed by atoms with Crippen LogP contribution in [0.1, 0.15) is 52.8 Å². The van der Waals surface area contributed by atoms with E-state index < -0.39 is 5.54 Å². The lowest BCUT2D eigenvalue weighted by atomic mass is 9.81. The topological polar surface area (TPSA) is 57.6 Å². The molecule has 0 spiro atoms. The summed E-state index contributed by atoms with van der Waals surface area (Å²) in [6.45, 7) is -0.140. The average Bonchev–Trinajstić information content (AvgIpc) is 2.73. The number of nitrogens with zero attached hydrogens (tertiary/aromatic N) is 1. The molecule has 4 heteroatoms. The summed E-state index contributed by atoms with van der Waals surface area (Å²) < 4.78 is 0. The van der Waals surface area contributed by atoms with Crippen molar-refractivity contribution >= 4 is 11.8 Å². The summed E-state index contributed by atoms with van der Waals surface area (Å²) in [5, 5.41) is 9.77. The van der Waals surface area contributed by atoms with Crippen LogP contribution in [-0.2, 0) is 0 Å². The minimum Gasteiger partial charge on any atom is -0.394 e. The van der Waals surface area contributed by atoms with Crippen molar-refractivity contribution in [1.82, 2.24) is 4.90 Å². The third kappa shape index (κ3) is 1.70. The lowest BCUT2D eigenvalue weighted by Crippen LogP contribution is -2.55. The molecule has 1 aliphatic carbocycles. The second-order valence-electron chi connectivity index (χ2n) is 5.43. The molecule has 3 rings (SSSR count). The summed E-state index contributed by atoms with van der Waals surface area (Å²) in [7, 11) is 0. The molecule has 0 radical (unpaired) electrons. The summed E-state index contributed by atoms with van der Waals surface area (Å²) in [4.78, 5) is 26.2. The maximum absolute atomic E-state index is 12.5. The molecular weight excluding hydrogens is 242 g/mol. The summed E-state index contributed by atoms with van der Waals surface area (Å²) in [6.07, 6.45) is 4.41. The van der Waals surface area contributed by atoms with E-state index in [9.17, 15) is 14.7 Å². The predicted molar refractivity (Wildman–Crippen MR) is 69.8 cm³/mol. The van der Waals surface area contributed by atoms with E-state index in [4.69, 9.17) is 0 Å². The Morgan fingerprint density at radius 2 is 1.53 bits per heavy atom. The van der Waals surface area contributed by atoms with Crippen molar-refractivity contribution in [3.63, 3.8) is 0 Å². The van der Waals surface area contributed by atoms with Crippen molar-refractivity contribution in [2.45, 2.75) is 37.6 Å². The van der Waals surface area contributed by atoms with Crippen LogP contribution in [0.25, 0.3) is 0 Å². The van der Waals surface area contributed by atoms with Crippen molar-refractivity contribution in [3.05, 3.63) is 35.4 Å². The molecule has 2 amide bonds. The molecule has 2 aliphatic rings. The Balaban J connectivity index is 2.03. The van der Waals surface area contributed by atoms with E-state index in [2.05, 4.69) is 0 Å². The van der Waals surface area contributed by atoms with E-state index in [0.29, 0.717) is 24.0 Å². The molecule has 0 aromatic heterocycles. The van der Waals surface area contributed by atoms with Crippen LogP contribution < -0.4 is 0 Å². The van der Waals surface area contributed by atoms with E-state index in [1.54, 1.807) is 24.3 Å². The highest BCUT2D eigenvalue weighted by Gasteiger charge is 2.48. The van der Waals surface area contributed by atoms with E-state index >= 15 is 0 Å².